The summed E-state index contributed by atoms with van der Waals surface area (Å²) < 4.78 is 45.5. The van der Waals surface area contributed by atoms with Gasteiger partial charge < -0.3 is 10.1 Å². The third kappa shape index (κ3) is 3.55. The van der Waals surface area contributed by atoms with Crippen molar-refractivity contribution in [1.29, 1.82) is 0 Å². The summed E-state index contributed by atoms with van der Waals surface area (Å²) >= 11 is 0. The zero-order chi connectivity index (χ0) is 22.2. The quantitative estimate of drug-likeness (QED) is 0.511. The normalized spacial score (nSPS) is 12.7. The van der Waals surface area contributed by atoms with Gasteiger partial charge in [-0.1, -0.05) is 0 Å². The van der Waals surface area contributed by atoms with Crippen molar-refractivity contribution >= 4 is 5.91 Å². The lowest BCUT2D eigenvalue weighted by Crippen LogP contribution is -2.12. The van der Waals surface area contributed by atoms with Crippen molar-refractivity contribution in [2.45, 2.75) is 13.2 Å². The van der Waals surface area contributed by atoms with Crippen molar-refractivity contribution in [2.24, 2.45) is 0 Å². The molecule has 0 radical (unpaired) electrons. The molecule has 0 bridgehead atoms. The monoisotopic (exact) mass is 437 g/mol. The maximum Gasteiger partial charge on any atom is 0.387 e. The molecule has 4 aromatic rings. The van der Waals surface area contributed by atoms with Gasteiger partial charge in [-0.15, -0.1) is 0 Å². The number of hydrogen-bond acceptors (Lipinski definition) is 5. The molecule has 1 amide bonds. The summed E-state index contributed by atoms with van der Waals surface area (Å²) in [6, 6.07) is 10.1. The highest BCUT2D eigenvalue weighted by Gasteiger charge is 2.25. The maximum absolute atomic E-state index is 14.2. The van der Waals surface area contributed by atoms with Gasteiger partial charge in [0.15, 0.2) is 0 Å². The number of amides is 1. The first-order chi connectivity index (χ1) is 15.5. The maximum atomic E-state index is 14.2. The van der Waals surface area contributed by atoms with Crippen LogP contribution in [0.15, 0.2) is 61.1 Å². The Hall–Kier alpha value is -4.21. The van der Waals surface area contributed by atoms with Crippen LogP contribution >= 0.6 is 0 Å². The van der Waals surface area contributed by atoms with Gasteiger partial charge in [0.05, 0.1) is 23.3 Å². The van der Waals surface area contributed by atoms with E-state index in [9.17, 15) is 18.0 Å². The van der Waals surface area contributed by atoms with E-state index in [2.05, 4.69) is 25.1 Å². The number of nitrogens with zero attached hydrogens (tertiary/aromatic N) is 4. The van der Waals surface area contributed by atoms with Crippen LogP contribution in [0.1, 0.15) is 15.9 Å². The molecule has 1 aliphatic rings. The van der Waals surface area contributed by atoms with E-state index in [0.717, 1.165) is 6.07 Å². The lowest BCUT2D eigenvalue weighted by molar-refractivity contribution is -0.0499. The molecule has 1 N–H and O–H groups in total. The molecule has 10 heteroatoms. The average Bonchev–Trinajstić information content (AvgIpc) is 3.38. The van der Waals surface area contributed by atoms with Gasteiger partial charge in [-0.3, -0.25) is 14.8 Å². The molecule has 0 fully saturated rings. The zero-order valence-corrected chi connectivity index (χ0v) is 16.3. The average molecular weight is 437 g/mol. The van der Waals surface area contributed by atoms with Gasteiger partial charge in [0, 0.05) is 41.7 Å². The van der Waals surface area contributed by atoms with Crippen LogP contribution < -0.4 is 10.1 Å². The van der Waals surface area contributed by atoms with Crippen LogP contribution in [0.3, 0.4) is 0 Å². The highest BCUT2D eigenvalue weighted by Crippen LogP contribution is 2.33. The van der Waals surface area contributed by atoms with E-state index in [1.54, 1.807) is 36.7 Å². The topological polar surface area (TPSA) is 81.9 Å². The second-order valence-electron chi connectivity index (χ2n) is 6.96. The molecule has 1 aromatic carbocycles. The molecule has 7 nitrogen and oxygen atoms in total. The Kier molecular flexibility index (Phi) is 4.81. The second-order valence-corrected chi connectivity index (χ2v) is 6.96. The first-order valence-electron chi connectivity index (χ1n) is 9.52. The SMILES string of the molecule is O=C1NCc2c1ccnc2-c1cc(-c2cc(F)cc(OC(F)F)c2)n(-c2cccnc2)n1. The predicted octanol–water partition coefficient (Wildman–Crippen LogP) is 3.98. The smallest absolute Gasteiger partial charge is 0.387 e. The Balaban J connectivity index is 1.70. The van der Waals surface area contributed by atoms with Crippen molar-refractivity contribution < 1.29 is 22.7 Å². The number of fused-ring (bicyclic) bond motifs is 1. The number of carbonyl (C=O) groups excluding carboxylic acids is 1. The number of aromatic nitrogens is 4. The number of alkyl halides is 2. The van der Waals surface area contributed by atoms with E-state index < -0.39 is 12.4 Å². The molecular formula is C22H14F3N5O2. The number of carbonyl (C=O) groups is 1. The van der Waals surface area contributed by atoms with Crippen molar-refractivity contribution in [3.05, 3.63) is 78.0 Å². The lowest BCUT2D eigenvalue weighted by Gasteiger charge is -2.10. The number of hydrogen-bond donors (Lipinski definition) is 1. The summed E-state index contributed by atoms with van der Waals surface area (Å²) in [5, 5.41) is 7.37. The zero-order valence-electron chi connectivity index (χ0n) is 16.3. The fourth-order valence-electron chi connectivity index (χ4n) is 3.63. The van der Waals surface area contributed by atoms with E-state index in [0.29, 0.717) is 40.4 Å². The van der Waals surface area contributed by atoms with Crippen LogP contribution in [0.2, 0.25) is 0 Å². The molecule has 0 atom stereocenters. The summed E-state index contributed by atoms with van der Waals surface area (Å²) in [6.45, 7) is -2.79. The van der Waals surface area contributed by atoms with E-state index >= 15 is 0 Å². The lowest BCUT2D eigenvalue weighted by atomic mass is 10.1. The van der Waals surface area contributed by atoms with Crippen molar-refractivity contribution in [3.8, 4) is 34.1 Å². The Morgan fingerprint density at radius 1 is 1.12 bits per heavy atom. The number of pyridine rings is 2. The van der Waals surface area contributed by atoms with E-state index in [1.165, 1.54) is 23.0 Å². The molecular weight excluding hydrogens is 423 g/mol. The van der Waals surface area contributed by atoms with Crippen LogP contribution in [0.5, 0.6) is 5.75 Å². The highest BCUT2D eigenvalue weighted by atomic mass is 19.3. The van der Waals surface area contributed by atoms with Crippen LogP contribution in [0, 0.1) is 5.82 Å². The molecule has 0 saturated heterocycles. The second kappa shape index (κ2) is 7.80. The third-order valence-corrected chi connectivity index (χ3v) is 4.96. The molecule has 32 heavy (non-hydrogen) atoms. The minimum atomic E-state index is -3.09. The molecule has 0 aliphatic carbocycles. The van der Waals surface area contributed by atoms with Gasteiger partial charge in [-0.25, -0.2) is 9.07 Å². The van der Waals surface area contributed by atoms with Gasteiger partial charge in [0.2, 0.25) is 0 Å². The van der Waals surface area contributed by atoms with Gasteiger partial charge in [-0.05, 0) is 36.4 Å². The first kappa shape index (κ1) is 19.7. The van der Waals surface area contributed by atoms with Crippen LogP contribution in [0.4, 0.5) is 13.2 Å². The molecule has 1 aliphatic heterocycles. The Morgan fingerprint density at radius 2 is 2.00 bits per heavy atom. The number of ether oxygens (including phenoxy) is 1. The van der Waals surface area contributed by atoms with Gasteiger partial charge in [0.1, 0.15) is 17.3 Å². The summed E-state index contributed by atoms with van der Waals surface area (Å²) in [6.07, 6.45) is 4.66. The van der Waals surface area contributed by atoms with Crippen LogP contribution in [-0.4, -0.2) is 32.3 Å². The number of benzene rings is 1. The minimum Gasteiger partial charge on any atom is -0.435 e. The standard InChI is InChI=1S/C22H14F3N5O2/c23-13-6-12(7-15(8-13)32-22(24)25)19-9-18(29-30(19)14-2-1-4-26-10-14)20-17-11-28-21(31)16(17)3-5-27-20/h1-10,22H,11H2,(H,28,31). The van der Waals surface area contributed by atoms with Gasteiger partial charge in [0.25, 0.3) is 5.91 Å². The van der Waals surface area contributed by atoms with Crippen molar-refractivity contribution in [2.75, 3.05) is 0 Å². The first-order valence-corrected chi connectivity index (χ1v) is 9.52. The van der Waals surface area contributed by atoms with E-state index in [4.69, 9.17) is 0 Å². The summed E-state index contributed by atoms with van der Waals surface area (Å²) in [5.41, 5.74) is 3.36. The largest absolute Gasteiger partial charge is 0.435 e. The van der Waals surface area contributed by atoms with Crippen molar-refractivity contribution in [1.82, 2.24) is 25.1 Å². The van der Waals surface area contributed by atoms with Gasteiger partial charge in [-0.2, -0.15) is 13.9 Å². The summed E-state index contributed by atoms with van der Waals surface area (Å²) in [5.74, 6) is -1.26. The molecule has 5 rings (SSSR count). The Bertz CT molecular complexity index is 1320. The van der Waals surface area contributed by atoms with Crippen LogP contribution in [-0.2, 0) is 6.54 Å². The summed E-state index contributed by atoms with van der Waals surface area (Å²) in [4.78, 5) is 20.5. The molecule has 0 spiro atoms. The minimum absolute atomic E-state index is 0.200. The molecule has 3 aromatic heterocycles. The Morgan fingerprint density at radius 3 is 2.78 bits per heavy atom. The van der Waals surface area contributed by atoms with E-state index in [1.807, 2.05) is 0 Å². The fourth-order valence-corrected chi connectivity index (χ4v) is 3.63. The predicted molar refractivity (Wildman–Crippen MR) is 108 cm³/mol. The van der Waals surface area contributed by atoms with Gasteiger partial charge >= 0.3 is 6.61 Å². The molecule has 160 valence electrons. The molecule has 0 saturated carbocycles. The third-order valence-electron chi connectivity index (χ3n) is 4.96. The number of nitrogens with one attached hydrogen (secondary N) is 1. The molecule has 0 unspecified atom stereocenters. The molecule has 4 heterocycles. The number of rotatable bonds is 5. The Labute approximate surface area is 179 Å². The van der Waals surface area contributed by atoms with E-state index in [-0.39, 0.29) is 17.2 Å². The summed E-state index contributed by atoms with van der Waals surface area (Å²) in [7, 11) is 0. The highest BCUT2D eigenvalue weighted by molar-refractivity contribution is 5.99. The van der Waals surface area contributed by atoms with Crippen molar-refractivity contribution in [3.63, 3.8) is 0 Å². The fraction of sp³-hybridized carbons (Fsp3) is 0.0909. The van der Waals surface area contributed by atoms with Crippen LogP contribution in [0.25, 0.3) is 28.3 Å². The number of halogens is 3.